The van der Waals surface area contributed by atoms with Gasteiger partial charge in [0.1, 0.15) is 6.10 Å². The molecule has 2 aromatic heterocycles. The first-order valence-electron chi connectivity index (χ1n) is 8.58. The van der Waals surface area contributed by atoms with Crippen LogP contribution in [0.25, 0.3) is 0 Å². The van der Waals surface area contributed by atoms with E-state index in [4.69, 9.17) is 9.15 Å². The van der Waals surface area contributed by atoms with Gasteiger partial charge in [0.2, 0.25) is 11.8 Å². The average Bonchev–Trinajstić information content (AvgIpc) is 3.06. The van der Waals surface area contributed by atoms with Crippen molar-refractivity contribution in [2.75, 3.05) is 13.1 Å². The molecule has 1 amide bonds. The molecule has 1 saturated carbocycles. The quantitative estimate of drug-likeness (QED) is 0.855. The molecule has 6 nitrogen and oxygen atoms in total. The van der Waals surface area contributed by atoms with E-state index in [9.17, 15) is 4.79 Å². The van der Waals surface area contributed by atoms with Gasteiger partial charge in [-0.05, 0) is 43.0 Å². The van der Waals surface area contributed by atoms with Crippen LogP contribution in [0.1, 0.15) is 59.8 Å². The largest absolute Gasteiger partial charge is 0.422 e. The second kappa shape index (κ2) is 5.67. The Labute approximate surface area is 143 Å². The fraction of sp³-hybridized carbons (Fsp3) is 0.588. The van der Waals surface area contributed by atoms with Gasteiger partial charge in [0, 0.05) is 24.4 Å². The highest BCUT2D eigenvalue weighted by molar-refractivity contribution is 7.08. The topological polar surface area (TPSA) is 68.5 Å². The average molecular weight is 345 g/mol. The minimum absolute atomic E-state index is 0.0719. The number of rotatable bonds is 3. The van der Waals surface area contributed by atoms with E-state index in [1.165, 1.54) is 0 Å². The molecule has 0 aromatic carbocycles. The van der Waals surface area contributed by atoms with Gasteiger partial charge in [-0.25, -0.2) is 0 Å². The number of nitrogens with zero attached hydrogens (tertiary/aromatic N) is 3. The maximum Gasteiger partial charge on any atom is 0.254 e. The number of thiophene rings is 1. The Morgan fingerprint density at radius 3 is 2.92 bits per heavy atom. The molecule has 0 bridgehead atoms. The molecular weight excluding hydrogens is 326 g/mol. The lowest BCUT2D eigenvalue weighted by atomic mass is 9.91. The van der Waals surface area contributed by atoms with Gasteiger partial charge >= 0.3 is 0 Å². The minimum Gasteiger partial charge on any atom is -0.422 e. The van der Waals surface area contributed by atoms with Gasteiger partial charge in [-0.3, -0.25) is 4.79 Å². The molecule has 0 unspecified atom stereocenters. The van der Waals surface area contributed by atoms with E-state index in [-0.39, 0.29) is 18.1 Å². The number of aromatic nitrogens is 2. The third-order valence-corrected chi connectivity index (χ3v) is 5.95. The number of hydrogen-bond acceptors (Lipinski definition) is 6. The smallest absolute Gasteiger partial charge is 0.254 e. The van der Waals surface area contributed by atoms with Crippen molar-refractivity contribution in [2.45, 2.75) is 43.8 Å². The Hall–Kier alpha value is -1.73. The normalized spacial score (nSPS) is 29.7. The maximum absolute atomic E-state index is 12.5. The third kappa shape index (κ3) is 2.56. The van der Waals surface area contributed by atoms with Crippen molar-refractivity contribution in [2.24, 2.45) is 5.92 Å². The van der Waals surface area contributed by atoms with Gasteiger partial charge in [-0.15, -0.1) is 10.2 Å². The maximum atomic E-state index is 12.5. The lowest BCUT2D eigenvalue weighted by molar-refractivity contribution is -0.0124. The number of carbonyl (C=O) groups is 1. The highest BCUT2D eigenvalue weighted by Gasteiger charge is 2.43. The molecule has 0 spiro atoms. The number of likely N-dealkylation sites (tertiary alicyclic amines) is 1. The Morgan fingerprint density at radius 1 is 1.25 bits per heavy atom. The molecule has 3 atom stereocenters. The summed E-state index contributed by atoms with van der Waals surface area (Å²) >= 11 is 1.55. The number of carbonyl (C=O) groups excluding carboxylic acids is 1. The zero-order valence-corrected chi connectivity index (χ0v) is 14.1. The fourth-order valence-electron chi connectivity index (χ4n) is 3.71. The summed E-state index contributed by atoms with van der Waals surface area (Å²) in [5.74, 6) is 2.42. The number of hydrogen-bond donors (Lipinski definition) is 0. The molecule has 2 aliphatic heterocycles. The molecule has 126 valence electrons. The zero-order valence-electron chi connectivity index (χ0n) is 13.3. The first kappa shape index (κ1) is 14.6. The van der Waals surface area contributed by atoms with Crippen LogP contribution in [0.2, 0.25) is 0 Å². The van der Waals surface area contributed by atoms with Gasteiger partial charge in [-0.2, -0.15) is 11.3 Å². The lowest BCUT2D eigenvalue weighted by Crippen LogP contribution is -2.45. The summed E-state index contributed by atoms with van der Waals surface area (Å²) in [5.41, 5.74) is 0.777. The van der Waals surface area contributed by atoms with E-state index in [1.54, 1.807) is 11.3 Å². The molecule has 3 aliphatic rings. The molecule has 0 radical (unpaired) electrons. The van der Waals surface area contributed by atoms with E-state index in [2.05, 4.69) is 10.2 Å². The summed E-state index contributed by atoms with van der Waals surface area (Å²) in [6.45, 7) is 1.45. The minimum atomic E-state index is -0.115. The highest BCUT2D eigenvalue weighted by Crippen LogP contribution is 2.43. The second-order valence-electron chi connectivity index (χ2n) is 6.96. The van der Waals surface area contributed by atoms with Crippen LogP contribution in [0.3, 0.4) is 0 Å². The van der Waals surface area contributed by atoms with Crippen LogP contribution in [-0.2, 0) is 4.74 Å². The zero-order chi connectivity index (χ0) is 16.1. The van der Waals surface area contributed by atoms with Crippen molar-refractivity contribution < 1.29 is 13.9 Å². The number of amides is 1. The Bertz CT molecular complexity index is 740. The van der Waals surface area contributed by atoms with Crippen LogP contribution >= 0.6 is 11.3 Å². The Kier molecular flexibility index (Phi) is 3.45. The van der Waals surface area contributed by atoms with Gasteiger partial charge in [-0.1, -0.05) is 0 Å². The molecular formula is C17H19N3O3S. The van der Waals surface area contributed by atoms with Gasteiger partial charge in [0.25, 0.3) is 5.91 Å². The van der Waals surface area contributed by atoms with E-state index in [1.807, 2.05) is 21.7 Å². The highest BCUT2D eigenvalue weighted by atomic mass is 32.1. The van der Waals surface area contributed by atoms with Crippen LogP contribution in [0, 0.1) is 5.92 Å². The van der Waals surface area contributed by atoms with Gasteiger partial charge < -0.3 is 14.1 Å². The number of ether oxygens (including phenoxy) is 1. The first-order chi connectivity index (χ1) is 11.8. The van der Waals surface area contributed by atoms with E-state index < -0.39 is 0 Å². The monoisotopic (exact) mass is 345 g/mol. The molecule has 3 fully saturated rings. The second-order valence-corrected chi connectivity index (χ2v) is 7.74. The molecule has 24 heavy (non-hydrogen) atoms. The van der Waals surface area contributed by atoms with Crippen molar-refractivity contribution in [1.29, 1.82) is 0 Å². The SMILES string of the molecule is O=C(c1ccsc1)N1CC[C@H]2C[C@@H](c3nnc(C4CC4)o3)O[C@@H]2C1. The summed E-state index contributed by atoms with van der Waals surface area (Å²) in [6.07, 6.45) is 4.15. The molecule has 4 heterocycles. The molecule has 7 heteroatoms. The molecule has 5 rings (SSSR count). The van der Waals surface area contributed by atoms with Crippen molar-refractivity contribution in [3.63, 3.8) is 0 Å². The lowest BCUT2D eigenvalue weighted by Gasteiger charge is -2.33. The summed E-state index contributed by atoms with van der Waals surface area (Å²) in [6, 6.07) is 1.88. The van der Waals surface area contributed by atoms with Crippen molar-refractivity contribution in [1.82, 2.24) is 15.1 Å². The Morgan fingerprint density at radius 2 is 2.12 bits per heavy atom. The molecule has 2 aromatic rings. The Balaban J connectivity index is 1.26. The van der Waals surface area contributed by atoms with Crippen LogP contribution in [0.15, 0.2) is 21.2 Å². The van der Waals surface area contributed by atoms with Gasteiger partial charge in [0.05, 0.1) is 11.7 Å². The molecule has 0 N–H and O–H groups in total. The number of fused-ring (bicyclic) bond motifs is 1. The van der Waals surface area contributed by atoms with E-state index in [0.29, 0.717) is 24.3 Å². The van der Waals surface area contributed by atoms with Crippen molar-refractivity contribution in [3.8, 4) is 0 Å². The summed E-state index contributed by atoms with van der Waals surface area (Å²) in [4.78, 5) is 14.4. The van der Waals surface area contributed by atoms with Crippen LogP contribution in [-0.4, -0.2) is 40.2 Å². The standard InChI is InChI=1S/C17H19N3O3S/c21-17(12-4-6-24-9-12)20-5-3-11-7-13(22-14(11)8-20)16-19-18-15(23-16)10-1-2-10/h4,6,9-11,13-14H,1-3,5,7-8H2/t11-,13-,14+/m0/s1. The predicted molar refractivity (Wildman–Crippen MR) is 86.8 cm³/mol. The van der Waals surface area contributed by atoms with Crippen molar-refractivity contribution >= 4 is 17.2 Å². The molecule has 2 saturated heterocycles. The third-order valence-electron chi connectivity index (χ3n) is 5.27. The fourth-order valence-corrected chi connectivity index (χ4v) is 4.34. The number of piperidine rings is 1. The van der Waals surface area contributed by atoms with Crippen LogP contribution < -0.4 is 0 Å². The van der Waals surface area contributed by atoms with E-state index >= 15 is 0 Å². The molecule has 1 aliphatic carbocycles. The summed E-state index contributed by atoms with van der Waals surface area (Å²) in [5, 5.41) is 12.2. The summed E-state index contributed by atoms with van der Waals surface area (Å²) in [7, 11) is 0. The van der Waals surface area contributed by atoms with Crippen LogP contribution in [0.4, 0.5) is 0 Å². The summed E-state index contributed by atoms with van der Waals surface area (Å²) < 4.78 is 12.0. The first-order valence-corrected chi connectivity index (χ1v) is 9.52. The van der Waals surface area contributed by atoms with E-state index in [0.717, 1.165) is 43.7 Å². The van der Waals surface area contributed by atoms with Crippen molar-refractivity contribution in [3.05, 3.63) is 34.2 Å². The van der Waals surface area contributed by atoms with Gasteiger partial charge in [0.15, 0.2) is 0 Å². The predicted octanol–water partition coefficient (Wildman–Crippen LogP) is 3.00. The van der Waals surface area contributed by atoms with Crippen LogP contribution in [0.5, 0.6) is 0 Å².